The number of ether oxygens (including phenoxy) is 1. The second-order valence-corrected chi connectivity index (χ2v) is 5.34. The molecule has 1 aromatic rings. The Labute approximate surface area is 109 Å². The lowest BCUT2D eigenvalue weighted by molar-refractivity contribution is 0.242. The Balaban J connectivity index is 1.76. The van der Waals surface area contributed by atoms with E-state index in [1.54, 1.807) is 12.4 Å². The number of nitrogens with zero attached hydrogens (tertiary/aromatic N) is 2. The van der Waals surface area contributed by atoms with Crippen LogP contribution < -0.4 is 10.1 Å². The maximum atomic E-state index is 5.68. The average Bonchev–Trinajstić information content (AvgIpc) is 2.88. The van der Waals surface area contributed by atoms with E-state index in [2.05, 4.69) is 29.1 Å². The molecule has 1 N–H and O–H groups in total. The van der Waals surface area contributed by atoms with E-state index < -0.39 is 0 Å². The van der Waals surface area contributed by atoms with Crippen molar-refractivity contribution in [2.75, 3.05) is 6.61 Å². The van der Waals surface area contributed by atoms with E-state index in [1.165, 1.54) is 25.7 Å². The summed E-state index contributed by atoms with van der Waals surface area (Å²) >= 11 is 0. The van der Waals surface area contributed by atoms with Crippen molar-refractivity contribution in [2.24, 2.45) is 5.92 Å². The van der Waals surface area contributed by atoms with Gasteiger partial charge in [0.15, 0.2) is 0 Å². The molecular weight excluding hydrogens is 226 g/mol. The summed E-state index contributed by atoms with van der Waals surface area (Å²) in [5.74, 6) is 1.37. The summed E-state index contributed by atoms with van der Waals surface area (Å²) in [4.78, 5) is 8.64. The second kappa shape index (κ2) is 6.69. The third-order valence-electron chi connectivity index (χ3n) is 3.31. The van der Waals surface area contributed by atoms with Crippen molar-refractivity contribution < 1.29 is 4.74 Å². The molecule has 0 amide bonds. The molecule has 0 aliphatic heterocycles. The van der Waals surface area contributed by atoms with Crippen molar-refractivity contribution in [3.63, 3.8) is 0 Å². The van der Waals surface area contributed by atoms with Gasteiger partial charge < -0.3 is 10.1 Å². The van der Waals surface area contributed by atoms with Gasteiger partial charge in [0.1, 0.15) is 0 Å². The minimum atomic E-state index is 0.463. The molecule has 0 unspecified atom stereocenters. The van der Waals surface area contributed by atoms with Crippen LogP contribution in [0.3, 0.4) is 0 Å². The molecule has 1 aliphatic rings. The van der Waals surface area contributed by atoms with Crippen molar-refractivity contribution in [1.82, 2.24) is 15.3 Å². The van der Waals surface area contributed by atoms with Crippen molar-refractivity contribution >= 4 is 0 Å². The Kier molecular flexibility index (Phi) is 4.93. The summed E-state index contributed by atoms with van der Waals surface area (Å²) in [6.45, 7) is 5.78. The van der Waals surface area contributed by atoms with Gasteiger partial charge >= 0.3 is 0 Å². The van der Waals surface area contributed by atoms with Gasteiger partial charge in [0.05, 0.1) is 24.7 Å². The topological polar surface area (TPSA) is 47.0 Å². The van der Waals surface area contributed by atoms with Gasteiger partial charge in [-0.15, -0.1) is 0 Å². The maximum absolute atomic E-state index is 5.68. The van der Waals surface area contributed by atoms with Crippen LogP contribution in [-0.4, -0.2) is 22.6 Å². The molecule has 2 rings (SSSR count). The van der Waals surface area contributed by atoms with Crippen LogP contribution in [0.4, 0.5) is 0 Å². The number of hydrogen-bond donors (Lipinski definition) is 1. The molecule has 4 heteroatoms. The minimum Gasteiger partial charge on any atom is -0.476 e. The smallest absolute Gasteiger partial charge is 0.232 e. The molecule has 0 spiro atoms. The average molecular weight is 249 g/mol. The van der Waals surface area contributed by atoms with Crippen molar-refractivity contribution in [3.05, 3.63) is 18.1 Å². The first-order chi connectivity index (χ1) is 8.74. The summed E-state index contributed by atoms with van der Waals surface area (Å²) in [6, 6.07) is 0.463. The van der Waals surface area contributed by atoms with Gasteiger partial charge in [-0.1, -0.05) is 26.7 Å². The Morgan fingerprint density at radius 2 is 2.06 bits per heavy atom. The highest BCUT2D eigenvalue weighted by Crippen LogP contribution is 2.25. The highest BCUT2D eigenvalue weighted by Gasteiger charge is 2.15. The Morgan fingerprint density at radius 3 is 2.67 bits per heavy atom. The molecule has 0 atom stereocenters. The fourth-order valence-electron chi connectivity index (χ4n) is 2.20. The third kappa shape index (κ3) is 4.26. The molecule has 1 aliphatic carbocycles. The summed E-state index contributed by atoms with van der Waals surface area (Å²) in [7, 11) is 0. The van der Waals surface area contributed by atoms with E-state index >= 15 is 0 Å². The Hall–Kier alpha value is -1.16. The second-order valence-electron chi connectivity index (χ2n) is 5.34. The van der Waals surface area contributed by atoms with Crippen LogP contribution >= 0.6 is 0 Å². The molecule has 0 saturated heterocycles. The first kappa shape index (κ1) is 13.3. The van der Waals surface area contributed by atoms with E-state index in [1.807, 2.05) is 0 Å². The number of aromatic nitrogens is 2. The quantitative estimate of drug-likeness (QED) is 0.841. The number of nitrogens with one attached hydrogen (secondary N) is 1. The van der Waals surface area contributed by atoms with E-state index in [9.17, 15) is 0 Å². The van der Waals surface area contributed by atoms with Crippen molar-refractivity contribution in [2.45, 2.75) is 52.1 Å². The van der Waals surface area contributed by atoms with Gasteiger partial charge in [0.25, 0.3) is 0 Å². The first-order valence-corrected chi connectivity index (χ1v) is 6.91. The summed E-state index contributed by atoms with van der Waals surface area (Å²) in [6.07, 6.45) is 8.80. The van der Waals surface area contributed by atoms with Crippen LogP contribution in [0.1, 0.15) is 45.2 Å². The van der Waals surface area contributed by atoms with Gasteiger partial charge in [-0.05, 0) is 18.8 Å². The van der Waals surface area contributed by atoms with E-state index in [0.29, 0.717) is 17.8 Å². The van der Waals surface area contributed by atoms with Gasteiger partial charge in [-0.2, -0.15) is 0 Å². The normalized spacial score (nSPS) is 16.4. The molecule has 1 saturated carbocycles. The summed E-state index contributed by atoms with van der Waals surface area (Å²) < 4.78 is 5.68. The third-order valence-corrected chi connectivity index (χ3v) is 3.31. The van der Waals surface area contributed by atoms with E-state index in [4.69, 9.17) is 4.74 Å². The molecule has 18 heavy (non-hydrogen) atoms. The van der Waals surface area contributed by atoms with Gasteiger partial charge in [0.2, 0.25) is 5.88 Å². The Morgan fingerprint density at radius 1 is 1.28 bits per heavy atom. The van der Waals surface area contributed by atoms with Gasteiger partial charge in [-0.25, -0.2) is 4.98 Å². The fourth-order valence-corrected chi connectivity index (χ4v) is 2.20. The molecule has 4 nitrogen and oxygen atoms in total. The molecule has 1 fully saturated rings. The first-order valence-electron chi connectivity index (χ1n) is 6.91. The lowest BCUT2D eigenvalue weighted by Crippen LogP contribution is -2.22. The molecule has 0 radical (unpaired) electrons. The van der Waals surface area contributed by atoms with E-state index in [0.717, 1.165) is 18.8 Å². The number of hydrogen-bond acceptors (Lipinski definition) is 4. The van der Waals surface area contributed by atoms with Crippen LogP contribution in [0.2, 0.25) is 0 Å². The molecule has 0 aromatic carbocycles. The van der Waals surface area contributed by atoms with Crippen LogP contribution in [0.25, 0.3) is 0 Å². The minimum absolute atomic E-state index is 0.463. The Bertz CT molecular complexity index is 345. The molecular formula is C14H23N3O. The zero-order valence-electron chi connectivity index (χ0n) is 11.4. The van der Waals surface area contributed by atoms with Crippen LogP contribution in [0.5, 0.6) is 5.88 Å². The zero-order valence-corrected chi connectivity index (χ0v) is 11.4. The molecule has 1 aromatic heterocycles. The maximum Gasteiger partial charge on any atom is 0.232 e. The molecule has 0 bridgehead atoms. The standard InChI is InChI=1S/C14H23N3O/c1-11(2)15-7-13-8-17-14(9-16-13)18-10-12-5-3-4-6-12/h8-9,11-12,15H,3-7,10H2,1-2H3. The van der Waals surface area contributed by atoms with Crippen LogP contribution in [0.15, 0.2) is 12.4 Å². The largest absolute Gasteiger partial charge is 0.476 e. The lowest BCUT2D eigenvalue weighted by atomic mass is 10.1. The van der Waals surface area contributed by atoms with E-state index in [-0.39, 0.29) is 0 Å². The van der Waals surface area contributed by atoms with Gasteiger partial charge in [0, 0.05) is 12.6 Å². The summed E-state index contributed by atoms with van der Waals surface area (Å²) in [5.41, 5.74) is 0.955. The fraction of sp³-hybridized carbons (Fsp3) is 0.714. The SMILES string of the molecule is CC(C)NCc1cnc(OCC2CCCC2)cn1. The monoisotopic (exact) mass is 249 g/mol. The van der Waals surface area contributed by atoms with Crippen LogP contribution in [-0.2, 0) is 6.54 Å². The highest BCUT2D eigenvalue weighted by atomic mass is 16.5. The predicted molar refractivity (Wildman–Crippen MR) is 71.5 cm³/mol. The molecule has 1 heterocycles. The molecule has 100 valence electrons. The van der Waals surface area contributed by atoms with Crippen molar-refractivity contribution in [1.29, 1.82) is 0 Å². The van der Waals surface area contributed by atoms with Crippen LogP contribution in [0, 0.1) is 5.92 Å². The zero-order chi connectivity index (χ0) is 12.8. The number of rotatable bonds is 6. The lowest BCUT2D eigenvalue weighted by Gasteiger charge is -2.11. The van der Waals surface area contributed by atoms with Gasteiger partial charge in [-0.3, -0.25) is 4.98 Å². The predicted octanol–water partition coefficient (Wildman–Crippen LogP) is 2.54. The van der Waals surface area contributed by atoms with Crippen molar-refractivity contribution in [3.8, 4) is 5.88 Å². The highest BCUT2D eigenvalue weighted by molar-refractivity contribution is 5.07. The summed E-state index contributed by atoms with van der Waals surface area (Å²) in [5, 5.41) is 3.31.